The summed E-state index contributed by atoms with van der Waals surface area (Å²) in [5.41, 5.74) is 2.03. The van der Waals surface area contributed by atoms with E-state index < -0.39 is 0 Å². The summed E-state index contributed by atoms with van der Waals surface area (Å²) in [6.07, 6.45) is 1.65. The van der Waals surface area contributed by atoms with Gasteiger partial charge in [-0.1, -0.05) is 11.6 Å². The van der Waals surface area contributed by atoms with Gasteiger partial charge in [0.05, 0.1) is 17.9 Å². The number of halogens is 1. The van der Waals surface area contributed by atoms with E-state index in [0.29, 0.717) is 35.4 Å². The average molecular weight is 306 g/mol. The molecule has 0 saturated carbocycles. The van der Waals surface area contributed by atoms with Crippen LogP contribution in [0.3, 0.4) is 0 Å². The predicted octanol–water partition coefficient (Wildman–Crippen LogP) is 2.77. The van der Waals surface area contributed by atoms with Crippen molar-refractivity contribution in [3.63, 3.8) is 0 Å². The highest BCUT2D eigenvalue weighted by Gasteiger charge is 2.10. The van der Waals surface area contributed by atoms with Crippen LogP contribution < -0.4 is 10.1 Å². The minimum Gasteiger partial charge on any atom is -0.478 e. The Morgan fingerprint density at radius 1 is 1.38 bits per heavy atom. The van der Waals surface area contributed by atoms with Crippen LogP contribution in [0.2, 0.25) is 5.15 Å². The van der Waals surface area contributed by atoms with Gasteiger partial charge in [0.1, 0.15) is 5.15 Å². The summed E-state index contributed by atoms with van der Waals surface area (Å²) in [6, 6.07) is 6.90. The lowest BCUT2D eigenvalue weighted by Crippen LogP contribution is -2.24. The van der Waals surface area contributed by atoms with E-state index in [4.69, 9.17) is 16.3 Å². The van der Waals surface area contributed by atoms with Crippen molar-refractivity contribution in [3.05, 3.63) is 52.4 Å². The fourth-order valence-corrected chi connectivity index (χ4v) is 2.02. The van der Waals surface area contributed by atoms with Gasteiger partial charge >= 0.3 is 0 Å². The summed E-state index contributed by atoms with van der Waals surface area (Å²) in [6.45, 7) is 4.59. The van der Waals surface area contributed by atoms with Gasteiger partial charge in [0.2, 0.25) is 5.88 Å². The molecule has 2 aromatic rings. The first-order chi connectivity index (χ1) is 10.1. The summed E-state index contributed by atoms with van der Waals surface area (Å²) in [5, 5.41) is 3.21. The third-order valence-corrected chi connectivity index (χ3v) is 3.05. The second-order valence-corrected chi connectivity index (χ2v) is 4.77. The minimum atomic E-state index is -0.188. The number of pyridine rings is 2. The summed E-state index contributed by atoms with van der Waals surface area (Å²) >= 11 is 5.78. The molecule has 1 N–H and O–H groups in total. The first kappa shape index (κ1) is 15.3. The van der Waals surface area contributed by atoms with Crippen molar-refractivity contribution >= 4 is 17.5 Å². The predicted molar refractivity (Wildman–Crippen MR) is 80.6 cm³/mol. The Balaban J connectivity index is 2.02. The zero-order valence-corrected chi connectivity index (χ0v) is 12.6. The molecule has 0 atom stereocenters. The minimum absolute atomic E-state index is 0.188. The standard InChI is InChI=1S/C15H16ClN3O2/c1-3-21-14-8-11(6-7-17-14)9-18-15(20)12-4-5-13(16)19-10(12)2/h4-8H,3,9H2,1-2H3,(H,18,20). The van der Waals surface area contributed by atoms with Gasteiger partial charge in [0.25, 0.3) is 5.91 Å². The molecule has 2 heterocycles. The number of nitrogens with zero attached hydrogens (tertiary/aromatic N) is 2. The first-order valence-electron chi connectivity index (χ1n) is 6.59. The summed E-state index contributed by atoms with van der Waals surface area (Å²) < 4.78 is 5.32. The maximum absolute atomic E-state index is 12.1. The summed E-state index contributed by atoms with van der Waals surface area (Å²) in [4.78, 5) is 20.3. The number of carbonyl (C=O) groups excluding carboxylic acids is 1. The molecule has 0 radical (unpaired) electrons. The van der Waals surface area contributed by atoms with Crippen LogP contribution in [0.5, 0.6) is 5.88 Å². The Kier molecular flexibility index (Phi) is 5.11. The van der Waals surface area contributed by atoms with E-state index in [0.717, 1.165) is 5.56 Å². The van der Waals surface area contributed by atoms with Crippen molar-refractivity contribution in [1.29, 1.82) is 0 Å². The van der Waals surface area contributed by atoms with Crippen LogP contribution in [0.25, 0.3) is 0 Å². The molecule has 110 valence electrons. The molecule has 0 aromatic carbocycles. The lowest BCUT2D eigenvalue weighted by molar-refractivity contribution is 0.0950. The third kappa shape index (κ3) is 4.16. The third-order valence-electron chi connectivity index (χ3n) is 2.84. The number of aromatic nitrogens is 2. The SMILES string of the molecule is CCOc1cc(CNC(=O)c2ccc(Cl)nc2C)ccn1. The van der Waals surface area contributed by atoms with Crippen LogP contribution in [0, 0.1) is 6.92 Å². The molecular weight excluding hydrogens is 290 g/mol. The highest BCUT2D eigenvalue weighted by molar-refractivity contribution is 6.29. The van der Waals surface area contributed by atoms with Crippen molar-refractivity contribution in [2.75, 3.05) is 6.61 Å². The first-order valence-corrected chi connectivity index (χ1v) is 6.97. The number of amides is 1. The van der Waals surface area contributed by atoms with Gasteiger partial charge in [0, 0.05) is 18.8 Å². The van der Waals surface area contributed by atoms with E-state index >= 15 is 0 Å². The van der Waals surface area contributed by atoms with Crippen LogP contribution in [0.15, 0.2) is 30.5 Å². The molecular formula is C15H16ClN3O2. The maximum Gasteiger partial charge on any atom is 0.253 e. The van der Waals surface area contributed by atoms with Gasteiger partial charge in [-0.25, -0.2) is 9.97 Å². The molecule has 0 fully saturated rings. The normalized spacial score (nSPS) is 10.2. The van der Waals surface area contributed by atoms with Gasteiger partial charge in [0.15, 0.2) is 0 Å². The Hall–Kier alpha value is -2.14. The molecule has 0 unspecified atom stereocenters. The Labute approximate surface area is 128 Å². The smallest absolute Gasteiger partial charge is 0.253 e. The maximum atomic E-state index is 12.1. The second kappa shape index (κ2) is 7.04. The molecule has 0 saturated heterocycles. The largest absolute Gasteiger partial charge is 0.478 e. The highest BCUT2D eigenvalue weighted by atomic mass is 35.5. The number of carbonyl (C=O) groups is 1. The lowest BCUT2D eigenvalue weighted by Gasteiger charge is -2.08. The average Bonchev–Trinajstić information content (AvgIpc) is 2.45. The monoisotopic (exact) mass is 305 g/mol. The van der Waals surface area contributed by atoms with Crippen molar-refractivity contribution in [3.8, 4) is 5.88 Å². The molecule has 21 heavy (non-hydrogen) atoms. The molecule has 1 amide bonds. The molecule has 0 spiro atoms. The van der Waals surface area contributed by atoms with Crippen LogP contribution >= 0.6 is 11.6 Å². The van der Waals surface area contributed by atoms with E-state index in [9.17, 15) is 4.79 Å². The van der Waals surface area contributed by atoms with E-state index in [1.807, 2.05) is 13.0 Å². The number of nitrogens with one attached hydrogen (secondary N) is 1. The van der Waals surface area contributed by atoms with E-state index in [2.05, 4.69) is 15.3 Å². The highest BCUT2D eigenvalue weighted by Crippen LogP contribution is 2.12. The molecule has 0 aliphatic carbocycles. The zero-order chi connectivity index (χ0) is 15.2. The number of ether oxygens (including phenoxy) is 1. The number of rotatable bonds is 5. The number of hydrogen-bond acceptors (Lipinski definition) is 4. The molecule has 5 nitrogen and oxygen atoms in total. The van der Waals surface area contributed by atoms with Crippen molar-refractivity contribution < 1.29 is 9.53 Å². The molecule has 2 aromatic heterocycles. The van der Waals surface area contributed by atoms with Crippen LogP contribution in [0.4, 0.5) is 0 Å². The quantitative estimate of drug-likeness (QED) is 0.863. The van der Waals surface area contributed by atoms with E-state index in [-0.39, 0.29) is 5.91 Å². The summed E-state index contributed by atoms with van der Waals surface area (Å²) in [5.74, 6) is 0.361. The Morgan fingerprint density at radius 3 is 2.90 bits per heavy atom. The molecule has 0 aliphatic heterocycles. The van der Waals surface area contributed by atoms with E-state index in [1.165, 1.54) is 0 Å². The van der Waals surface area contributed by atoms with Crippen LogP contribution in [-0.4, -0.2) is 22.5 Å². The van der Waals surface area contributed by atoms with Crippen LogP contribution in [0.1, 0.15) is 28.5 Å². The fraction of sp³-hybridized carbons (Fsp3) is 0.267. The van der Waals surface area contributed by atoms with Crippen LogP contribution in [-0.2, 0) is 6.54 Å². The summed E-state index contributed by atoms with van der Waals surface area (Å²) in [7, 11) is 0. The second-order valence-electron chi connectivity index (χ2n) is 4.38. The number of aryl methyl sites for hydroxylation is 1. The molecule has 6 heteroatoms. The van der Waals surface area contributed by atoms with Crippen molar-refractivity contribution in [1.82, 2.24) is 15.3 Å². The van der Waals surface area contributed by atoms with Crippen molar-refractivity contribution in [2.45, 2.75) is 20.4 Å². The Morgan fingerprint density at radius 2 is 2.19 bits per heavy atom. The lowest BCUT2D eigenvalue weighted by atomic mass is 10.2. The molecule has 0 bridgehead atoms. The van der Waals surface area contributed by atoms with Crippen molar-refractivity contribution in [2.24, 2.45) is 0 Å². The van der Waals surface area contributed by atoms with Gasteiger partial charge in [-0.2, -0.15) is 0 Å². The van der Waals surface area contributed by atoms with Gasteiger partial charge in [-0.3, -0.25) is 4.79 Å². The topological polar surface area (TPSA) is 64.1 Å². The Bertz CT molecular complexity index is 647. The van der Waals surface area contributed by atoms with Gasteiger partial charge in [-0.05, 0) is 37.6 Å². The molecule has 0 aliphatic rings. The van der Waals surface area contributed by atoms with Gasteiger partial charge in [-0.15, -0.1) is 0 Å². The van der Waals surface area contributed by atoms with Gasteiger partial charge < -0.3 is 10.1 Å². The number of hydrogen-bond donors (Lipinski definition) is 1. The molecule has 2 rings (SSSR count). The fourth-order valence-electron chi connectivity index (χ4n) is 1.84. The zero-order valence-electron chi connectivity index (χ0n) is 11.9. The van der Waals surface area contributed by atoms with E-state index in [1.54, 1.807) is 31.3 Å².